The van der Waals surface area contributed by atoms with Crippen molar-refractivity contribution in [3.63, 3.8) is 0 Å². The molecule has 0 fully saturated rings. The Bertz CT molecular complexity index is 248. The van der Waals surface area contributed by atoms with Gasteiger partial charge in [0.05, 0.1) is 0 Å². The van der Waals surface area contributed by atoms with Gasteiger partial charge in [0.2, 0.25) is 0 Å². The molecule has 0 aliphatic heterocycles. The molecular formula is C9H9N. The first-order valence-electron chi connectivity index (χ1n) is 3.12. The normalized spacial score (nSPS) is 16.7. The van der Waals surface area contributed by atoms with E-state index in [2.05, 4.69) is 5.92 Å². The van der Waals surface area contributed by atoms with E-state index in [0.29, 0.717) is 0 Å². The topological polar surface area (TPSA) is 26.0 Å². The van der Waals surface area contributed by atoms with Crippen molar-refractivity contribution in [3.8, 4) is 12.3 Å². The summed E-state index contributed by atoms with van der Waals surface area (Å²) in [4.78, 5) is 0. The summed E-state index contributed by atoms with van der Waals surface area (Å²) in [5.74, 6) is 2.53. The molecule has 0 saturated carbocycles. The molecule has 0 atom stereocenters. The zero-order valence-corrected chi connectivity index (χ0v) is 5.67. The molecule has 0 spiro atoms. The fourth-order valence-corrected chi connectivity index (χ4v) is 0.772. The van der Waals surface area contributed by atoms with Gasteiger partial charge in [-0.15, -0.1) is 6.42 Å². The first-order valence-corrected chi connectivity index (χ1v) is 3.12. The molecule has 1 rings (SSSR count). The van der Waals surface area contributed by atoms with Gasteiger partial charge in [-0.3, -0.25) is 0 Å². The van der Waals surface area contributed by atoms with E-state index >= 15 is 0 Å². The van der Waals surface area contributed by atoms with Crippen molar-refractivity contribution in [2.75, 3.05) is 0 Å². The minimum absolute atomic E-state index is 0.793. The second-order valence-corrected chi connectivity index (χ2v) is 2.12. The Morgan fingerprint density at radius 1 is 1.60 bits per heavy atom. The Morgan fingerprint density at radius 2 is 2.40 bits per heavy atom. The van der Waals surface area contributed by atoms with Gasteiger partial charge in [-0.2, -0.15) is 0 Å². The summed E-state index contributed by atoms with van der Waals surface area (Å²) in [6, 6.07) is 0. The number of terminal acetylenes is 1. The quantitative estimate of drug-likeness (QED) is 0.493. The molecule has 1 aliphatic rings. The zero-order chi connectivity index (χ0) is 7.40. The molecule has 0 bridgehead atoms. The summed E-state index contributed by atoms with van der Waals surface area (Å²) in [5.41, 5.74) is 7.23. The molecule has 0 radical (unpaired) electrons. The number of nitrogens with two attached hydrogens (primary N) is 1. The van der Waals surface area contributed by atoms with Crippen LogP contribution in [0.15, 0.2) is 35.6 Å². The highest BCUT2D eigenvalue weighted by Crippen LogP contribution is 2.06. The molecule has 0 saturated heterocycles. The van der Waals surface area contributed by atoms with Crippen LogP contribution in [0.5, 0.6) is 0 Å². The van der Waals surface area contributed by atoms with E-state index in [9.17, 15) is 0 Å². The van der Waals surface area contributed by atoms with Crippen LogP contribution in [0.2, 0.25) is 0 Å². The maximum atomic E-state index is 5.57. The average Bonchev–Trinajstić information content (AvgIpc) is 2.13. The highest BCUT2D eigenvalue weighted by Gasteiger charge is 1.92. The van der Waals surface area contributed by atoms with Gasteiger partial charge in [0.15, 0.2) is 0 Å². The lowest BCUT2D eigenvalue weighted by molar-refractivity contribution is 1.17. The van der Waals surface area contributed by atoms with Crippen LogP contribution in [0.1, 0.15) is 6.42 Å². The first kappa shape index (κ1) is 6.70. The Hall–Kier alpha value is -1.42. The molecule has 2 N–H and O–H groups in total. The standard InChI is InChI=1S/C9H9N/c1-2-8-5-3-4-6-9(10)7-8/h1,3-5,7H,6,10H2. The van der Waals surface area contributed by atoms with E-state index in [1.165, 1.54) is 0 Å². The first-order chi connectivity index (χ1) is 4.83. The molecule has 1 nitrogen and oxygen atoms in total. The number of hydrogen-bond acceptors (Lipinski definition) is 1. The van der Waals surface area contributed by atoms with Gasteiger partial charge in [-0.25, -0.2) is 0 Å². The van der Waals surface area contributed by atoms with Gasteiger partial charge in [-0.05, 0) is 12.2 Å². The molecular weight excluding hydrogens is 122 g/mol. The second kappa shape index (κ2) is 2.93. The Balaban J connectivity index is 2.92. The lowest BCUT2D eigenvalue weighted by atomic mass is 10.2. The molecule has 1 heteroatoms. The second-order valence-electron chi connectivity index (χ2n) is 2.12. The predicted octanol–water partition coefficient (Wildman–Crippen LogP) is 1.35. The van der Waals surface area contributed by atoms with Crippen LogP contribution in [0.4, 0.5) is 0 Å². The van der Waals surface area contributed by atoms with E-state index < -0.39 is 0 Å². The zero-order valence-electron chi connectivity index (χ0n) is 5.67. The van der Waals surface area contributed by atoms with Crippen LogP contribution in [0.25, 0.3) is 0 Å². The van der Waals surface area contributed by atoms with Crippen LogP contribution < -0.4 is 5.73 Å². The summed E-state index contributed by atoms with van der Waals surface area (Å²) in [7, 11) is 0. The minimum Gasteiger partial charge on any atom is -0.402 e. The van der Waals surface area contributed by atoms with Gasteiger partial charge in [0, 0.05) is 17.7 Å². The number of rotatable bonds is 0. The van der Waals surface area contributed by atoms with E-state index in [1.807, 2.05) is 24.3 Å². The van der Waals surface area contributed by atoms with Crippen molar-refractivity contribution in [1.82, 2.24) is 0 Å². The highest BCUT2D eigenvalue weighted by molar-refractivity contribution is 5.42. The lowest BCUT2D eigenvalue weighted by Crippen LogP contribution is -1.94. The van der Waals surface area contributed by atoms with Crippen LogP contribution in [-0.2, 0) is 0 Å². The molecule has 0 unspecified atom stereocenters. The van der Waals surface area contributed by atoms with Crippen molar-refractivity contribution < 1.29 is 0 Å². The number of hydrogen-bond donors (Lipinski definition) is 1. The Morgan fingerprint density at radius 3 is 3.10 bits per heavy atom. The summed E-state index contributed by atoms with van der Waals surface area (Å²) >= 11 is 0. The van der Waals surface area contributed by atoms with E-state index in [-0.39, 0.29) is 0 Å². The lowest BCUT2D eigenvalue weighted by Gasteiger charge is -1.91. The molecule has 50 valence electrons. The van der Waals surface area contributed by atoms with Gasteiger partial charge < -0.3 is 5.73 Å². The fourth-order valence-electron chi connectivity index (χ4n) is 0.772. The maximum Gasteiger partial charge on any atom is 0.0259 e. The van der Waals surface area contributed by atoms with Crippen molar-refractivity contribution in [2.45, 2.75) is 6.42 Å². The third-order valence-electron chi connectivity index (χ3n) is 1.27. The molecule has 0 aromatic rings. The van der Waals surface area contributed by atoms with Crippen molar-refractivity contribution in [2.24, 2.45) is 5.73 Å². The van der Waals surface area contributed by atoms with Crippen molar-refractivity contribution in [1.29, 1.82) is 0 Å². The summed E-state index contributed by atoms with van der Waals surface area (Å²) < 4.78 is 0. The molecule has 0 amide bonds. The monoisotopic (exact) mass is 131 g/mol. The molecule has 1 aliphatic carbocycles. The highest BCUT2D eigenvalue weighted by atomic mass is 14.6. The van der Waals surface area contributed by atoms with Crippen LogP contribution in [0.3, 0.4) is 0 Å². The summed E-state index contributed by atoms with van der Waals surface area (Å²) in [6.07, 6.45) is 13.6. The third-order valence-corrected chi connectivity index (χ3v) is 1.27. The molecule has 0 aromatic carbocycles. The van der Waals surface area contributed by atoms with Crippen molar-refractivity contribution >= 4 is 0 Å². The van der Waals surface area contributed by atoms with Gasteiger partial charge >= 0.3 is 0 Å². The van der Waals surface area contributed by atoms with E-state index in [1.54, 1.807) is 0 Å². The molecule has 0 heterocycles. The Labute approximate surface area is 60.9 Å². The van der Waals surface area contributed by atoms with E-state index in [4.69, 9.17) is 12.2 Å². The smallest absolute Gasteiger partial charge is 0.0259 e. The number of allylic oxidation sites excluding steroid dienone is 5. The van der Waals surface area contributed by atoms with Gasteiger partial charge in [-0.1, -0.05) is 18.1 Å². The van der Waals surface area contributed by atoms with Crippen LogP contribution in [0, 0.1) is 12.3 Å². The van der Waals surface area contributed by atoms with Gasteiger partial charge in [0.25, 0.3) is 0 Å². The molecule has 10 heavy (non-hydrogen) atoms. The largest absolute Gasteiger partial charge is 0.402 e. The van der Waals surface area contributed by atoms with E-state index in [0.717, 1.165) is 17.7 Å². The Kier molecular flexibility index (Phi) is 1.96. The summed E-state index contributed by atoms with van der Waals surface area (Å²) in [5, 5.41) is 0. The predicted molar refractivity (Wildman–Crippen MR) is 42.9 cm³/mol. The average molecular weight is 131 g/mol. The van der Waals surface area contributed by atoms with Crippen molar-refractivity contribution in [3.05, 3.63) is 35.6 Å². The third kappa shape index (κ3) is 1.53. The SMILES string of the molecule is C#CC1=CC=CCC(N)=C1. The fraction of sp³-hybridized carbons (Fsp3) is 0.111. The minimum atomic E-state index is 0.793. The maximum absolute atomic E-state index is 5.57. The summed E-state index contributed by atoms with van der Waals surface area (Å²) in [6.45, 7) is 0. The molecule has 0 aromatic heterocycles. The van der Waals surface area contributed by atoms with Crippen LogP contribution >= 0.6 is 0 Å². The van der Waals surface area contributed by atoms with Gasteiger partial charge in [0.1, 0.15) is 0 Å². The van der Waals surface area contributed by atoms with Crippen LogP contribution in [-0.4, -0.2) is 0 Å².